The van der Waals surface area contributed by atoms with Crippen LogP contribution in [-0.4, -0.2) is 123 Å². The molecule has 7 rings (SSSR count). The van der Waals surface area contributed by atoms with Gasteiger partial charge in [0.05, 0.1) is 35.9 Å². The molecule has 2 saturated heterocycles. The summed E-state index contributed by atoms with van der Waals surface area (Å²) in [7, 11) is 1.53. The summed E-state index contributed by atoms with van der Waals surface area (Å²) in [6.45, 7) is 8.50. The second-order valence-electron chi connectivity index (χ2n) is 17.7. The molecule has 0 bridgehead atoms. The lowest BCUT2D eigenvalue weighted by atomic mass is 9.42. The van der Waals surface area contributed by atoms with Crippen LogP contribution in [0.4, 0.5) is 0 Å². The topological polar surface area (TPSA) is 191 Å². The summed E-state index contributed by atoms with van der Waals surface area (Å²) in [5, 5.41) is 59.2. The van der Waals surface area contributed by atoms with Gasteiger partial charge in [0.2, 0.25) is 0 Å². The molecule has 310 valence electrons. The van der Waals surface area contributed by atoms with E-state index in [-0.39, 0.29) is 38.2 Å². The summed E-state index contributed by atoms with van der Waals surface area (Å²) in [5.41, 5.74) is -6.19. The molecule has 0 unspecified atom stereocenters. The number of methoxy groups -OCH3 is 1. The number of hydrogen-bond donors (Lipinski definition) is 5. The number of ketones is 1. The molecule has 56 heavy (non-hydrogen) atoms. The molecule has 0 radical (unpaired) electrons. The number of Topliss-reactive ketones (excluding diaryl/α,β-unsaturated/α-hetero) is 1. The molecule has 2 heterocycles. The number of carbonyl (C=O) groups is 2. The first-order valence-electron chi connectivity index (χ1n) is 20.2. The molecule has 2 aliphatic heterocycles. The van der Waals surface area contributed by atoms with Crippen LogP contribution in [0.5, 0.6) is 0 Å². The molecule has 5 N–H and O–H groups in total. The average molecular weight is 785 g/mol. The lowest BCUT2D eigenvalue weighted by Gasteiger charge is -2.67. The van der Waals surface area contributed by atoms with Gasteiger partial charge in [-0.1, -0.05) is 48.9 Å². The molecule has 3 saturated carbocycles. The van der Waals surface area contributed by atoms with Crippen LogP contribution in [0.25, 0.3) is 6.08 Å². The fourth-order valence-corrected chi connectivity index (χ4v) is 11.4. The van der Waals surface area contributed by atoms with Gasteiger partial charge in [0, 0.05) is 31.9 Å². The van der Waals surface area contributed by atoms with Crippen LogP contribution in [0.15, 0.2) is 48.1 Å². The van der Waals surface area contributed by atoms with E-state index in [1.54, 1.807) is 19.9 Å². The Morgan fingerprint density at radius 2 is 1.61 bits per heavy atom. The van der Waals surface area contributed by atoms with Gasteiger partial charge in [0.1, 0.15) is 35.1 Å². The number of ether oxygens (including phenoxy) is 6. The normalized spacial score (nSPS) is 47.7. The molecular formula is C43H60O13. The first kappa shape index (κ1) is 41.6. The molecule has 6 aliphatic rings. The Balaban J connectivity index is 1.07. The van der Waals surface area contributed by atoms with Gasteiger partial charge in [-0.15, -0.1) is 0 Å². The van der Waals surface area contributed by atoms with E-state index in [1.807, 2.05) is 43.3 Å². The van der Waals surface area contributed by atoms with Crippen molar-refractivity contribution >= 4 is 17.8 Å². The maximum Gasteiger partial charge on any atom is 0.331 e. The number of esters is 1. The van der Waals surface area contributed by atoms with Gasteiger partial charge < -0.3 is 54.0 Å². The lowest BCUT2D eigenvalue weighted by molar-refractivity contribution is -0.320. The fraction of sp³-hybridized carbons (Fsp3) is 0.721. The Morgan fingerprint density at radius 3 is 2.29 bits per heavy atom. The number of fused-ring (bicyclic) bond motifs is 5. The Kier molecular flexibility index (Phi) is 11.3. The molecule has 4 aliphatic carbocycles. The van der Waals surface area contributed by atoms with Gasteiger partial charge in [0.25, 0.3) is 0 Å². The molecule has 0 aromatic heterocycles. The van der Waals surface area contributed by atoms with Crippen molar-refractivity contribution in [3.8, 4) is 0 Å². The highest BCUT2D eigenvalue weighted by Crippen LogP contribution is 2.71. The summed E-state index contributed by atoms with van der Waals surface area (Å²) in [5.74, 6) is -1.79. The van der Waals surface area contributed by atoms with E-state index in [1.165, 1.54) is 20.1 Å². The van der Waals surface area contributed by atoms with E-state index in [4.69, 9.17) is 28.4 Å². The fourth-order valence-electron chi connectivity index (χ4n) is 11.4. The minimum absolute atomic E-state index is 0.0451. The zero-order valence-electron chi connectivity index (χ0n) is 33.3. The Morgan fingerprint density at radius 1 is 0.911 bits per heavy atom. The molecular weight excluding hydrogens is 724 g/mol. The highest BCUT2D eigenvalue weighted by molar-refractivity contribution is 5.88. The largest absolute Gasteiger partial charge is 0.458 e. The van der Waals surface area contributed by atoms with Gasteiger partial charge in [0.15, 0.2) is 18.4 Å². The van der Waals surface area contributed by atoms with Crippen molar-refractivity contribution in [2.75, 3.05) is 7.11 Å². The van der Waals surface area contributed by atoms with Gasteiger partial charge in [-0.25, -0.2) is 4.79 Å². The number of rotatable bonds is 9. The second-order valence-corrected chi connectivity index (χ2v) is 17.7. The van der Waals surface area contributed by atoms with Crippen LogP contribution in [0.3, 0.4) is 0 Å². The van der Waals surface area contributed by atoms with Gasteiger partial charge in [-0.05, 0) is 89.7 Å². The van der Waals surface area contributed by atoms with Crippen molar-refractivity contribution in [3.05, 3.63) is 53.6 Å². The highest BCUT2D eigenvalue weighted by atomic mass is 16.7. The van der Waals surface area contributed by atoms with Crippen LogP contribution in [-0.2, 0) is 38.0 Å². The van der Waals surface area contributed by atoms with Crippen molar-refractivity contribution in [1.82, 2.24) is 0 Å². The minimum atomic E-state index is -2.03. The monoisotopic (exact) mass is 784 g/mol. The van der Waals surface area contributed by atoms with Crippen LogP contribution in [0.1, 0.15) is 98.0 Å². The van der Waals surface area contributed by atoms with Gasteiger partial charge in [-0.3, -0.25) is 4.79 Å². The van der Waals surface area contributed by atoms with E-state index in [0.29, 0.717) is 25.7 Å². The van der Waals surface area contributed by atoms with Gasteiger partial charge >= 0.3 is 5.97 Å². The zero-order valence-corrected chi connectivity index (χ0v) is 33.3. The average Bonchev–Trinajstić information content (AvgIpc) is 3.39. The summed E-state index contributed by atoms with van der Waals surface area (Å²) in [4.78, 5) is 26.6. The maximum atomic E-state index is 13.4. The zero-order chi connectivity index (χ0) is 40.4. The third-order valence-electron chi connectivity index (χ3n) is 14.9. The third-order valence-corrected chi connectivity index (χ3v) is 14.9. The van der Waals surface area contributed by atoms with E-state index in [0.717, 1.165) is 11.1 Å². The number of aliphatic hydroxyl groups is 5. The Bertz CT molecular complexity index is 1670. The number of benzene rings is 1. The highest BCUT2D eigenvalue weighted by Gasteiger charge is 2.81. The Labute approximate surface area is 328 Å². The lowest BCUT2D eigenvalue weighted by Crippen LogP contribution is -2.78. The smallest absolute Gasteiger partial charge is 0.331 e. The summed E-state index contributed by atoms with van der Waals surface area (Å²) in [6.07, 6.45) is 0.642. The number of hydrogen-bond acceptors (Lipinski definition) is 13. The van der Waals surface area contributed by atoms with Crippen molar-refractivity contribution in [2.45, 2.75) is 171 Å². The number of carbonyl (C=O) groups excluding carboxylic acids is 2. The second kappa shape index (κ2) is 15.2. The molecule has 0 spiro atoms. The SMILES string of the molecule is CO[C@H]1C[C@H](O[C@H]2[C@@H](O)C[C@H](O[C@H]3CC[C@@]4(C)C(=CC[C@]5(O)[C@@H]4C[C@@H](OC(=O)C=Cc4ccccc4)[C@@]4(C)[C@]5(O)CC[C@@]4(O)C(C)=O)C3)O[C@@H]2C)O[C@@H](C)[C@H]1O. The van der Waals surface area contributed by atoms with Crippen molar-refractivity contribution in [1.29, 1.82) is 0 Å². The van der Waals surface area contributed by atoms with Gasteiger partial charge in [-0.2, -0.15) is 0 Å². The summed E-state index contributed by atoms with van der Waals surface area (Å²) >= 11 is 0. The van der Waals surface area contributed by atoms with E-state index < -0.39 is 101 Å². The molecule has 16 atom stereocenters. The maximum absolute atomic E-state index is 13.4. The molecule has 5 fully saturated rings. The van der Waals surface area contributed by atoms with Crippen molar-refractivity contribution < 1.29 is 63.5 Å². The first-order chi connectivity index (χ1) is 26.4. The van der Waals surface area contributed by atoms with E-state index in [2.05, 4.69) is 6.92 Å². The summed E-state index contributed by atoms with van der Waals surface area (Å²) < 4.78 is 36.3. The molecule has 0 amide bonds. The number of aliphatic hydroxyl groups excluding tert-OH is 2. The molecule has 1 aromatic rings. The first-order valence-corrected chi connectivity index (χ1v) is 20.2. The Hall–Kier alpha value is -2.56. The molecule has 13 nitrogen and oxygen atoms in total. The molecule has 13 heteroatoms. The van der Waals surface area contributed by atoms with E-state index >= 15 is 0 Å². The van der Waals surface area contributed by atoms with Crippen LogP contribution in [0.2, 0.25) is 0 Å². The van der Waals surface area contributed by atoms with Crippen molar-refractivity contribution in [2.24, 2.45) is 16.7 Å². The predicted molar refractivity (Wildman–Crippen MR) is 201 cm³/mol. The van der Waals surface area contributed by atoms with Crippen molar-refractivity contribution in [3.63, 3.8) is 0 Å². The quantitative estimate of drug-likeness (QED) is 0.139. The predicted octanol–water partition coefficient (Wildman–Crippen LogP) is 3.51. The summed E-state index contributed by atoms with van der Waals surface area (Å²) in [6, 6.07) is 9.27. The standard InChI is InChI=1S/C43H60O13/c1-24-37(47)31(51-6)22-36(52-24)56-38-25(2)53-35(21-30(38)45)54-29-15-16-39(4)28(20-29)14-17-42(49)32(39)23-33(55-34(46)13-12-27-10-8-7-9-11-27)40(5)41(48,26(3)44)18-19-43(40,42)50/h7-14,24-25,29-33,35-38,45,47-50H,15-23H2,1-6H3/t24-,25+,29-,30-,31-,32+,33+,35-,36-,37+,38+,39-,40+,41+,42-,43+/m0/s1. The van der Waals surface area contributed by atoms with Crippen LogP contribution >= 0.6 is 0 Å². The minimum Gasteiger partial charge on any atom is -0.458 e. The molecule has 1 aromatic carbocycles. The third kappa shape index (κ3) is 6.64. The van der Waals surface area contributed by atoms with E-state index in [9.17, 15) is 35.1 Å². The van der Waals surface area contributed by atoms with Crippen LogP contribution in [0, 0.1) is 16.7 Å². The van der Waals surface area contributed by atoms with Crippen LogP contribution < -0.4 is 0 Å².